The van der Waals surface area contributed by atoms with E-state index in [2.05, 4.69) is 21.6 Å². The first-order chi connectivity index (χ1) is 15.0. The molecule has 1 amide bonds. The summed E-state index contributed by atoms with van der Waals surface area (Å²) in [6.45, 7) is 1.71. The molecule has 0 radical (unpaired) electrons. The Morgan fingerprint density at radius 3 is 2.39 bits per heavy atom. The van der Waals surface area contributed by atoms with E-state index in [1.807, 2.05) is 11.6 Å². The summed E-state index contributed by atoms with van der Waals surface area (Å²) < 4.78 is 1.81. The fourth-order valence-corrected chi connectivity index (χ4v) is 5.54. The monoisotopic (exact) mass is 439 g/mol. The maximum atomic E-state index is 12.9. The number of hydrogen-bond donors (Lipinski definition) is 2. The molecule has 1 atom stereocenters. The van der Waals surface area contributed by atoms with E-state index in [4.69, 9.17) is 0 Å². The number of aromatic nitrogens is 3. The van der Waals surface area contributed by atoms with Gasteiger partial charge >= 0.3 is 0 Å². The smallest absolute Gasteiger partial charge is 0.234 e. The molecule has 1 aromatic carbocycles. The fourth-order valence-electron chi connectivity index (χ4n) is 4.81. The maximum absolute atomic E-state index is 12.9. The Morgan fingerprint density at radius 1 is 1.13 bits per heavy atom. The number of hydrogen-bond acceptors (Lipinski definition) is 6. The van der Waals surface area contributed by atoms with Crippen LogP contribution < -0.4 is 5.32 Å². The molecule has 31 heavy (non-hydrogen) atoms. The minimum absolute atomic E-state index is 0.134. The fraction of sp³-hybridized carbons (Fsp3) is 0.565. The Kier molecular flexibility index (Phi) is 6.63. The van der Waals surface area contributed by atoms with E-state index in [0.29, 0.717) is 23.0 Å². The number of fused-ring (bicyclic) bond motifs is 3. The highest BCUT2D eigenvalue weighted by atomic mass is 32.2. The molecule has 1 aromatic heterocycles. The van der Waals surface area contributed by atoms with E-state index < -0.39 is 6.10 Å². The maximum Gasteiger partial charge on any atom is 0.234 e. The lowest BCUT2D eigenvalue weighted by Crippen LogP contribution is -2.22. The molecule has 7 nitrogen and oxygen atoms in total. The van der Waals surface area contributed by atoms with Crippen molar-refractivity contribution in [2.45, 2.75) is 76.0 Å². The minimum Gasteiger partial charge on any atom is -0.393 e. The SMILES string of the molecule is CC(O)Cc1nnc(SCC(=O)Nc2c(C#N)c3c(c4c2CCCC4)CCCC3)n1C. The highest BCUT2D eigenvalue weighted by Crippen LogP contribution is 2.40. The first-order valence-electron chi connectivity index (χ1n) is 11.1. The summed E-state index contributed by atoms with van der Waals surface area (Å²) in [4.78, 5) is 12.9. The third-order valence-corrected chi connectivity index (χ3v) is 7.29. The average Bonchev–Trinajstić information content (AvgIpc) is 3.11. The van der Waals surface area contributed by atoms with Gasteiger partial charge in [-0.3, -0.25) is 4.79 Å². The zero-order valence-electron chi connectivity index (χ0n) is 18.2. The van der Waals surface area contributed by atoms with Crippen LogP contribution in [0.25, 0.3) is 0 Å². The number of amides is 1. The van der Waals surface area contributed by atoms with Crippen molar-refractivity contribution in [3.63, 3.8) is 0 Å². The third-order valence-electron chi connectivity index (χ3n) is 6.27. The lowest BCUT2D eigenvalue weighted by molar-refractivity contribution is -0.113. The summed E-state index contributed by atoms with van der Waals surface area (Å²) in [5.41, 5.74) is 6.53. The van der Waals surface area contributed by atoms with E-state index >= 15 is 0 Å². The number of rotatable bonds is 6. The van der Waals surface area contributed by atoms with Crippen LogP contribution in [0.1, 0.15) is 66.2 Å². The van der Waals surface area contributed by atoms with Crippen LogP contribution >= 0.6 is 11.8 Å². The van der Waals surface area contributed by atoms with E-state index in [1.54, 1.807) is 6.92 Å². The number of aliphatic hydroxyl groups is 1. The average molecular weight is 440 g/mol. The van der Waals surface area contributed by atoms with Crippen molar-refractivity contribution in [3.8, 4) is 6.07 Å². The topological polar surface area (TPSA) is 104 Å². The molecule has 0 spiro atoms. The number of aliphatic hydroxyl groups excluding tert-OH is 1. The van der Waals surface area contributed by atoms with E-state index in [-0.39, 0.29) is 11.7 Å². The quantitative estimate of drug-likeness (QED) is 0.671. The highest BCUT2D eigenvalue weighted by Gasteiger charge is 2.27. The molecule has 2 aromatic rings. The lowest BCUT2D eigenvalue weighted by Gasteiger charge is -2.29. The van der Waals surface area contributed by atoms with Crippen molar-refractivity contribution in [3.05, 3.63) is 33.6 Å². The summed E-state index contributed by atoms with van der Waals surface area (Å²) in [5, 5.41) is 31.5. The van der Waals surface area contributed by atoms with Gasteiger partial charge in [0.2, 0.25) is 5.91 Å². The largest absolute Gasteiger partial charge is 0.393 e. The zero-order valence-corrected chi connectivity index (χ0v) is 19.0. The molecule has 2 aliphatic rings. The van der Waals surface area contributed by atoms with Crippen molar-refractivity contribution in [1.82, 2.24) is 14.8 Å². The molecule has 0 aliphatic heterocycles. The Labute approximate surface area is 187 Å². The van der Waals surface area contributed by atoms with Crippen LogP contribution in [0.15, 0.2) is 5.16 Å². The standard InChI is InChI=1S/C23H29N5O2S/c1-14(29)11-20-26-27-23(28(20)2)31-13-21(30)25-22-18-10-6-5-8-16(18)15-7-3-4-9-17(15)19(22)12-24/h14,29H,3-11,13H2,1-2H3,(H,25,30). The second kappa shape index (κ2) is 9.41. The van der Waals surface area contributed by atoms with Crippen molar-refractivity contribution in [2.24, 2.45) is 7.05 Å². The Balaban J connectivity index is 1.55. The number of nitrogens with one attached hydrogen (secondary N) is 1. The van der Waals surface area contributed by atoms with Crippen LogP contribution in [0.3, 0.4) is 0 Å². The van der Waals surface area contributed by atoms with E-state index in [9.17, 15) is 15.2 Å². The number of nitriles is 1. The van der Waals surface area contributed by atoms with Gasteiger partial charge in [-0.2, -0.15) is 5.26 Å². The van der Waals surface area contributed by atoms with Crippen LogP contribution in [0.4, 0.5) is 5.69 Å². The van der Waals surface area contributed by atoms with Gasteiger partial charge in [-0.1, -0.05) is 11.8 Å². The number of carbonyl (C=O) groups excluding carboxylic acids is 1. The van der Waals surface area contributed by atoms with Gasteiger partial charge in [0.25, 0.3) is 0 Å². The van der Waals surface area contributed by atoms with Crippen LogP contribution in [0, 0.1) is 11.3 Å². The normalized spacial score (nSPS) is 16.2. The minimum atomic E-state index is -0.497. The number of carbonyl (C=O) groups is 1. The van der Waals surface area contributed by atoms with Gasteiger partial charge in [0.15, 0.2) is 5.16 Å². The lowest BCUT2D eigenvalue weighted by atomic mass is 9.77. The summed E-state index contributed by atoms with van der Waals surface area (Å²) >= 11 is 1.31. The second-order valence-corrected chi connectivity index (χ2v) is 9.48. The van der Waals surface area contributed by atoms with Crippen LogP contribution in [-0.2, 0) is 43.9 Å². The highest BCUT2D eigenvalue weighted by molar-refractivity contribution is 7.99. The van der Waals surface area contributed by atoms with Gasteiger partial charge in [0.1, 0.15) is 11.9 Å². The zero-order chi connectivity index (χ0) is 22.0. The molecule has 4 rings (SSSR count). The Morgan fingerprint density at radius 2 is 1.74 bits per heavy atom. The molecule has 164 valence electrons. The van der Waals surface area contributed by atoms with Crippen LogP contribution in [-0.4, -0.2) is 37.6 Å². The molecular formula is C23H29N5O2S. The van der Waals surface area contributed by atoms with E-state index in [0.717, 1.165) is 49.8 Å². The van der Waals surface area contributed by atoms with Gasteiger partial charge in [-0.25, -0.2) is 0 Å². The van der Waals surface area contributed by atoms with Gasteiger partial charge in [0.05, 0.1) is 23.1 Å². The third kappa shape index (κ3) is 4.48. The first kappa shape index (κ1) is 21.8. The molecule has 0 saturated heterocycles. The van der Waals surface area contributed by atoms with Crippen molar-refractivity contribution < 1.29 is 9.90 Å². The Bertz CT molecular complexity index is 1040. The molecule has 8 heteroatoms. The summed E-state index contributed by atoms with van der Waals surface area (Å²) in [6, 6.07) is 2.41. The number of anilines is 1. The molecule has 0 saturated carbocycles. The molecule has 0 bridgehead atoms. The number of benzene rings is 1. The number of thioether (sulfide) groups is 1. The summed E-state index contributed by atoms with van der Waals surface area (Å²) in [5.74, 6) is 0.746. The van der Waals surface area contributed by atoms with Crippen molar-refractivity contribution in [1.29, 1.82) is 5.26 Å². The van der Waals surface area contributed by atoms with Crippen LogP contribution in [0.5, 0.6) is 0 Å². The predicted octanol–water partition coefficient (Wildman–Crippen LogP) is 3.10. The molecule has 1 heterocycles. The van der Waals surface area contributed by atoms with Crippen molar-refractivity contribution >= 4 is 23.4 Å². The Hall–Kier alpha value is -2.37. The van der Waals surface area contributed by atoms with Gasteiger partial charge in [0, 0.05) is 13.5 Å². The van der Waals surface area contributed by atoms with Gasteiger partial charge in [-0.15, -0.1) is 10.2 Å². The van der Waals surface area contributed by atoms with Crippen molar-refractivity contribution in [2.75, 3.05) is 11.1 Å². The van der Waals surface area contributed by atoms with Gasteiger partial charge in [-0.05, 0) is 80.5 Å². The van der Waals surface area contributed by atoms with Crippen LogP contribution in [0.2, 0.25) is 0 Å². The second-order valence-electron chi connectivity index (χ2n) is 8.54. The first-order valence-corrected chi connectivity index (χ1v) is 12.1. The molecule has 2 N–H and O–H groups in total. The molecule has 2 aliphatic carbocycles. The van der Waals surface area contributed by atoms with Gasteiger partial charge < -0.3 is 15.0 Å². The molecule has 1 unspecified atom stereocenters. The molecule has 0 fully saturated rings. The predicted molar refractivity (Wildman–Crippen MR) is 120 cm³/mol. The summed E-state index contributed by atoms with van der Waals surface area (Å²) in [6.07, 6.45) is 8.43. The van der Waals surface area contributed by atoms with E-state index in [1.165, 1.54) is 41.3 Å². The summed E-state index contributed by atoms with van der Waals surface area (Å²) in [7, 11) is 1.84. The molecular weight excluding hydrogens is 410 g/mol. The number of nitrogens with zero attached hydrogens (tertiary/aromatic N) is 4.